The molecule has 0 aliphatic carbocycles. The number of imidazole rings is 1. The van der Waals surface area contributed by atoms with Crippen molar-refractivity contribution in [2.75, 3.05) is 11.9 Å². The second kappa shape index (κ2) is 4.95. The largest absolute Gasteiger partial charge is 0.380 e. The second-order valence-corrected chi connectivity index (χ2v) is 3.73. The first-order chi connectivity index (χ1) is 8.18. The van der Waals surface area contributed by atoms with Gasteiger partial charge < -0.3 is 9.88 Å². The van der Waals surface area contributed by atoms with Gasteiger partial charge >= 0.3 is 0 Å². The lowest BCUT2D eigenvalue weighted by molar-refractivity contribution is 0.587. The molecular weight excluding hydrogens is 224 g/mol. The number of nitrogens with one attached hydrogen (secondary N) is 1. The standard InChI is InChI=1S/C12H13F2N3/c1-17-8-7-15-11(17)5-6-16-12-9(13)3-2-4-10(12)14/h2-4,7-8,16H,5-6H2,1H3. The van der Waals surface area contributed by atoms with Crippen LogP contribution in [0.5, 0.6) is 0 Å². The van der Waals surface area contributed by atoms with Crippen molar-refractivity contribution >= 4 is 5.69 Å². The number of rotatable bonds is 4. The Labute approximate surface area is 98.1 Å². The predicted molar refractivity (Wildman–Crippen MR) is 61.8 cm³/mol. The highest BCUT2D eigenvalue weighted by atomic mass is 19.1. The third-order valence-corrected chi connectivity index (χ3v) is 2.53. The molecule has 1 N–H and O–H groups in total. The van der Waals surface area contributed by atoms with Crippen LogP contribution < -0.4 is 5.32 Å². The Bertz CT molecular complexity index is 488. The van der Waals surface area contributed by atoms with Gasteiger partial charge in [-0.05, 0) is 12.1 Å². The molecule has 2 aromatic rings. The van der Waals surface area contributed by atoms with E-state index in [-0.39, 0.29) is 5.69 Å². The van der Waals surface area contributed by atoms with Gasteiger partial charge in [0.1, 0.15) is 23.1 Å². The van der Waals surface area contributed by atoms with Gasteiger partial charge in [0.2, 0.25) is 0 Å². The molecule has 3 nitrogen and oxygen atoms in total. The Balaban J connectivity index is 1.97. The maximum Gasteiger partial charge on any atom is 0.149 e. The van der Waals surface area contributed by atoms with E-state index in [0.717, 1.165) is 5.82 Å². The van der Waals surface area contributed by atoms with Gasteiger partial charge in [-0.1, -0.05) is 6.07 Å². The first-order valence-corrected chi connectivity index (χ1v) is 5.32. The van der Waals surface area contributed by atoms with Gasteiger partial charge in [-0.25, -0.2) is 13.8 Å². The van der Waals surface area contributed by atoms with Crippen LogP contribution in [-0.4, -0.2) is 16.1 Å². The molecule has 5 heteroatoms. The molecule has 0 radical (unpaired) electrons. The van der Waals surface area contributed by atoms with E-state index in [9.17, 15) is 8.78 Å². The van der Waals surface area contributed by atoms with Crippen LogP contribution in [0.1, 0.15) is 5.82 Å². The topological polar surface area (TPSA) is 29.9 Å². The third kappa shape index (κ3) is 2.61. The van der Waals surface area contributed by atoms with E-state index in [1.807, 2.05) is 17.8 Å². The van der Waals surface area contributed by atoms with E-state index in [1.165, 1.54) is 18.2 Å². The van der Waals surface area contributed by atoms with Gasteiger partial charge in [-0.15, -0.1) is 0 Å². The van der Waals surface area contributed by atoms with E-state index in [1.54, 1.807) is 6.20 Å². The van der Waals surface area contributed by atoms with E-state index >= 15 is 0 Å². The van der Waals surface area contributed by atoms with Gasteiger partial charge in [0.05, 0.1) is 0 Å². The summed E-state index contributed by atoms with van der Waals surface area (Å²) in [5, 5.41) is 2.74. The molecule has 0 bridgehead atoms. The van der Waals surface area contributed by atoms with Crippen molar-refractivity contribution in [3.8, 4) is 0 Å². The monoisotopic (exact) mass is 237 g/mol. The molecule has 2 rings (SSSR count). The minimum atomic E-state index is -0.579. The molecule has 0 amide bonds. The molecule has 17 heavy (non-hydrogen) atoms. The normalized spacial score (nSPS) is 10.5. The zero-order valence-electron chi connectivity index (χ0n) is 9.45. The van der Waals surface area contributed by atoms with E-state index in [0.29, 0.717) is 13.0 Å². The van der Waals surface area contributed by atoms with Gasteiger partial charge in [0.15, 0.2) is 0 Å². The Kier molecular flexibility index (Phi) is 3.37. The summed E-state index contributed by atoms with van der Waals surface area (Å²) in [7, 11) is 1.88. The third-order valence-electron chi connectivity index (χ3n) is 2.53. The van der Waals surface area contributed by atoms with Crippen molar-refractivity contribution in [1.82, 2.24) is 9.55 Å². The van der Waals surface area contributed by atoms with E-state index in [2.05, 4.69) is 10.3 Å². The molecule has 0 fully saturated rings. The lowest BCUT2D eigenvalue weighted by atomic mass is 10.3. The summed E-state index contributed by atoms with van der Waals surface area (Å²) in [6, 6.07) is 3.80. The van der Waals surface area contributed by atoms with Gasteiger partial charge in [-0.3, -0.25) is 0 Å². The summed E-state index contributed by atoms with van der Waals surface area (Å²) in [4.78, 5) is 4.13. The van der Waals surface area contributed by atoms with Crippen molar-refractivity contribution in [2.45, 2.75) is 6.42 Å². The predicted octanol–water partition coefficient (Wildman–Crippen LogP) is 2.35. The lowest BCUT2D eigenvalue weighted by Gasteiger charge is -2.08. The summed E-state index contributed by atoms with van der Waals surface area (Å²) >= 11 is 0. The molecule has 0 saturated heterocycles. The lowest BCUT2D eigenvalue weighted by Crippen LogP contribution is -2.10. The smallest absolute Gasteiger partial charge is 0.149 e. The minimum Gasteiger partial charge on any atom is -0.380 e. The average molecular weight is 237 g/mol. The molecule has 0 aliphatic rings. The number of anilines is 1. The van der Waals surface area contributed by atoms with Gasteiger partial charge in [0.25, 0.3) is 0 Å². The molecule has 0 saturated carbocycles. The van der Waals surface area contributed by atoms with Crippen molar-refractivity contribution in [1.29, 1.82) is 0 Å². The Morgan fingerprint density at radius 2 is 2.00 bits per heavy atom. The quantitative estimate of drug-likeness (QED) is 0.884. The summed E-state index contributed by atoms with van der Waals surface area (Å²) in [6.45, 7) is 0.433. The maximum absolute atomic E-state index is 13.3. The molecular formula is C12H13F2N3. The molecule has 0 aliphatic heterocycles. The number of halogens is 2. The Morgan fingerprint density at radius 1 is 1.29 bits per heavy atom. The number of nitrogens with zero attached hydrogens (tertiary/aromatic N) is 2. The number of aromatic nitrogens is 2. The minimum absolute atomic E-state index is 0.0818. The molecule has 90 valence electrons. The first-order valence-electron chi connectivity index (χ1n) is 5.32. The summed E-state index contributed by atoms with van der Waals surface area (Å²) in [5.41, 5.74) is -0.0818. The molecule has 0 atom stereocenters. The molecule has 0 spiro atoms. The summed E-state index contributed by atoms with van der Waals surface area (Å²) in [5.74, 6) is -0.288. The molecule has 1 aromatic heterocycles. The summed E-state index contributed by atoms with van der Waals surface area (Å²) in [6.07, 6.45) is 4.13. The van der Waals surface area contributed by atoms with Crippen molar-refractivity contribution in [2.24, 2.45) is 7.05 Å². The second-order valence-electron chi connectivity index (χ2n) is 3.73. The highest BCUT2D eigenvalue weighted by Gasteiger charge is 2.07. The van der Waals surface area contributed by atoms with Crippen LogP contribution in [0.2, 0.25) is 0 Å². The first kappa shape index (κ1) is 11.6. The molecule has 1 aromatic carbocycles. The van der Waals surface area contributed by atoms with E-state index in [4.69, 9.17) is 0 Å². The van der Waals surface area contributed by atoms with Crippen LogP contribution in [-0.2, 0) is 13.5 Å². The summed E-state index contributed by atoms with van der Waals surface area (Å²) < 4.78 is 28.4. The highest BCUT2D eigenvalue weighted by molar-refractivity contribution is 5.45. The Hall–Kier alpha value is -1.91. The zero-order valence-corrected chi connectivity index (χ0v) is 9.45. The average Bonchev–Trinajstić information content (AvgIpc) is 2.69. The van der Waals surface area contributed by atoms with Crippen LogP contribution in [0.4, 0.5) is 14.5 Å². The van der Waals surface area contributed by atoms with Crippen LogP contribution in [0.3, 0.4) is 0 Å². The van der Waals surface area contributed by atoms with Crippen LogP contribution in [0, 0.1) is 11.6 Å². The number of hydrogen-bond donors (Lipinski definition) is 1. The molecule has 0 unspecified atom stereocenters. The molecule has 1 heterocycles. The van der Waals surface area contributed by atoms with Crippen LogP contribution >= 0.6 is 0 Å². The van der Waals surface area contributed by atoms with Crippen molar-refractivity contribution in [3.63, 3.8) is 0 Å². The maximum atomic E-state index is 13.3. The van der Waals surface area contributed by atoms with Crippen LogP contribution in [0.15, 0.2) is 30.6 Å². The van der Waals surface area contributed by atoms with Crippen LogP contribution in [0.25, 0.3) is 0 Å². The SMILES string of the molecule is Cn1ccnc1CCNc1c(F)cccc1F. The van der Waals surface area contributed by atoms with Gasteiger partial charge in [0, 0.05) is 32.4 Å². The Morgan fingerprint density at radius 3 is 2.59 bits per heavy atom. The van der Waals surface area contributed by atoms with Crippen molar-refractivity contribution < 1.29 is 8.78 Å². The highest BCUT2D eigenvalue weighted by Crippen LogP contribution is 2.17. The number of hydrogen-bond acceptors (Lipinski definition) is 2. The number of benzene rings is 1. The fourth-order valence-electron chi connectivity index (χ4n) is 1.60. The van der Waals surface area contributed by atoms with Gasteiger partial charge in [-0.2, -0.15) is 0 Å². The fraction of sp³-hybridized carbons (Fsp3) is 0.250. The number of aryl methyl sites for hydroxylation is 1. The fourth-order valence-corrected chi connectivity index (χ4v) is 1.60. The van der Waals surface area contributed by atoms with E-state index < -0.39 is 11.6 Å². The zero-order chi connectivity index (χ0) is 12.3. The van der Waals surface area contributed by atoms with Crippen molar-refractivity contribution in [3.05, 3.63) is 48.1 Å². The number of para-hydroxylation sites is 1.